The van der Waals surface area contributed by atoms with Gasteiger partial charge in [0.1, 0.15) is 0 Å². The average Bonchev–Trinajstić information content (AvgIpc) is 1.00. The highest BCUT2D eigenvalue weighted by Gasteiger charge is 2.24. The van der Waals surface area contributed by atoms with Crippen molar-refractivity contribution in [3.05, 3.63) is 392 Å². The fourth-order valence-corrected chi connectivity index (χ4v) is 16.4. The summed E-state index contributed by atoms with van der Waals surface area (Å²) in [6.07, 6.45) is 0. The third kappa shape index (κ3) is 12.5. The second kappa shape index (κ2) is 29.4. The van der Waals surface area contributed by atoms with Crippen LogP contribution in [0.2, 0.25) is 0 Å². The number of nitrogens with zero attached hydrogens (tertiary/aromatic N) is 8. The van der Waals surface area contributed by atoms with E-state index >= 15 is 0 Å². The lowest BCUT2D eigenvalue weighted by atomic mass is 9.80. The zero-order valence-electron chi connectivity index (χ0n) is 70.6. The van der Waals surface area contributed by atoms with E-state index in [0.29, 0.717) is 51.0 Å². The summed E-state index contributed by atoms with van der Waals surface area (Å²) in [5, 5.41) is 36.3. The summed E-state index contributed by atoms with van der Waals surface area (Å²) in [5.74, 6) is 1.28. The maximum absolute atomic E-state index is 9.43. The van der Waals surface area contributed by atoms with E-state index in [-0.39, 0.29) is 46.9 Å². The van der Waals surface area contributed by atoms with Crippen LogP contribution < -0.4 is 5.46 Å². The molecule has 4 aromatic heterocycles. The fraction of sp³-hybridized carbons (Fsp3) is 0. The molecule has 2 N–H and O–H groups in total. The van der Waals surface area contributed by atoms with Crippen molar-refractivity contribution in [2.45, 2.75) is 0 Å². The molecule has 0 aliphatic heterocycles. The van der Waals surface area contributed by atoms with Crippen molar-refractivity contribution in [3.8, 4) is 90.8 Å². The summed E-state index contributed by atoms with van der Waals surface area (Å²) >= 11 is 3.77. The van der Waals surface area contributed by atoms with E-state index in [1.165, 1.54) is 0 Å². The summed E-state index contributed by atoms with van der Waals surface area (Å²) in [7, 11) is -1.46. The van der Waals surface area contributed by atoms with Gasteiger partial charge in [0.25, 0.3) is 0 Å². The molecule has 0 amide bonds. The van der Waals surface area contributed by atoms with Crippen LogP contribution in [-0.4, -0.2) is 56.2 Å². The van der Waals surface area contributed by atoms with Crippen LogP contribution >= 0.6 is 15.9 Å². The molecule has 0 saturated heterocycles. The zero-order chi connectivity index (χ0) is 84.9. The van der Waals surface area contributed by atoms with Gasteiger partial charge in [-0.25, -0.2) is 29.9 Å². The standard InChI is InChI=1S/C51H32N4.C33H20BrN3.C18H14BNO2/c1-4-16-33(17-5-1)49-52-50(34-18-6-2-7-19-34)54-51(53-49)46-32-44-40-25-13-11-23-38(40)37-22-10-12-24-39(37)43(44)31-42(46)35-28-29-48-45(30-35)41-26-14-15-27-47(41)55(48)36-20-8-3-9-21-36;34-30-20-28-26-18-10-8-16-24(26)23-15-7-9-17-25(23)27(28)19-29(30)33-36-31(21-11-3-1-4-12-21)35-32(37-33)22-13-5-2-6-14-22;21-19(22)13-10-11-18-16(12-13)15-8-4-5-9-17(15)20(18)14-6-2-1-3-7-14/h1-32H;1-20H;1-12,21-22H/i1D,4D,5D,16D,17D;1D,3D,4D,11D,12D;. The summed E-state index contributed by atoms with van der Waals surface area (Å²) in [4.78, 5) is 29.1. The van der Waals surface area contributed by atoms with Crippen molar-refractivity contribution >= 4 is 137 Å². The van der Waals surface area contributed by atoms with E-state index in [0.717, 1.165) is 135 Å². The Balaban J connectivity index is 0.000000131. The highest BCUT2D eigenvalue weighted by Crippen LogP contribution is 2.46. The molecule has 0 unspecified atom stereocenters. The molecule has 114 heavy (non-hydrogen) atoms. The van der Waals surface area contributed by atoms with Crippen molar-refractivity contribution in [2.75, 3.05) is 0 Å². The number of rotatable bonds is 10. The Morgan fingerprint density at radius 1 is 0.237 bits per heavy atom. The Morgan fingerprint density at radius 2 is 0.544 bits per heavy atom. The van der Waals surface area contributed by atoms with Gasteiger partial charge >= 0.3 is 7.12 Å². The molecule has 0 bridgehead atoms. The number of hydrogen-bond acceptors (Lipinski definition) is 8. The number of para-hydroxylation sites is 4. The van der Waals surface area contributed by atoms with Gasteiger partial charge < -0.3 is 19.2 Å². The number of fused-ring (bicyclic) bond motifs is 18. The van der Waals surface area contributed by atoms with Gasteiger partial charge in [-0.05, 0) is 160 Å². The third-order valence-corrected chi connectivity index (χ3v) is 21.6. The van der Waals surface area contributed by atoms with Gasteiger partial charge in [0, 0.05) is 70.8 Å². The largest absolute Gasteiger partial charge is 0.488 e. The molecule has 0 aliphatic carbocycles. The van der Waals surface area contributed by atoms with E-state index in [1.54, 1.807) is 6.07 Å². The highest BCUT2D eigenvalue weighted by atomic mass is 79.9. The lowest BCUT2D eigenvalue weighted by Gasteiger charge is -2.17. The predicted octanol–water partition coefficient (Wildman–Crippen LogP) is 24.7. The number of halogens is 1. The molecule has 22 aromatic rings. The molecular weight excluding hydrogens is 1460 g/mol. The normalized spacial score (nSPS) is 12.7. The van der Waals surface area contributed by atoms with Gasteiger partial charge in [0.05, 0.1) is 35.8 Å². The maximum atomic E-state index is 9.43. The number of aromatic nitrogens is 8. The van der Waals surface area contributed by atoms with Crippen LogP contribution in [0.15, 0.2) is 392 Å². The van der Waals surface area contributed by atoms with Crippen molar-refractivity contribution in [1.29, 1.82) is 0 Å². The van der Waals surface area contributed by atoms with Crippen LogP contribution in [-0.2, 0) is 0 Å². The van der Waals surface area contributed by atoms with E-state index in [4.69, 9.17) is 38.6 Å². The monoisotopic (exact) mass is 1530 g/mol. The minimum absolute atomic E-state index is 0.00576. The average molecular weight is 1540 g/mol. The first-order valence-corrected chi connectivity index (χ1v) is 38.0. The molecule has 0 aliphatic rings. The second-order valence-electron chi connectivity index (χ2n) is 27.6. The Bertz CT molecular complexity index is 8080. The molecular formula is C102H66BBrN8O2. The van der Waals surface area contributed by atoms with Crippen LogP contribution in [0.3, 0.4) is 0 Å². The summed E-state index contributed by atoms with van der Waals surface area (Å²) in [5.41, 5.74) is 11.5. The Morgan fingerprint density at radius 3 is 0.965 bits per heavy atom. The van der Waals surface area contributed by atoms with Gasteiger partial charge in [0.2, 0.25) is 0 Å². The first-order valence-electron chi connectivity index (χ1n) is 42.2. The van der Waals surface area contributed by atoms with E-state index in [1.807, 2.05) is 146 Å². The van der Waals surface area contributed by atoms with Crippen molar-refractivity contribution in [2.24, 2.45) is 0 Å². The van der Waals surface area contributed by atoms with Gasteiger partial charge in [0.15, 0.2) is 34.9 Å². The van der Waals surface area contributed by atoms with Crippen LogP contribution in [0, 0.1) is 0 Å². The van der Waals surface area contributed by atoms with Crippen molar-refractivity contribution < 1.29 is 23.8 Å². The van der Waals surface area contributed by atoms with Crippen molar-refractivity contribution in [3.63, 3.8) is 0 Å². The predicted molar refractivity (Wildman–Crippen MR) is 475 cm³/mol. The van der Waals surface area contributed by atoms with Gasteiger partial charge in [-0.1, -0.05) is 325 Å². The maximum Gasteiger partial charge on any atom is 0.488 e. The first-order chi connectivity index (χ1) is 60.4. The Kier molecular flexibility index (Phi) is 15.1. The molecule has 0 saturated carbocycles. The Hall–Kier alpha value is -14.4. The van der Waals surface area contributed by atoms with Gasteiger partial charge in [-0.2, -0.15) is 0 Å². The smallest absolute Gasteiger partial charge is 0.423 e. The number of hydrogen-bond donors (Lipinski definition) is 2. The quantitative estimate of drug-likeness (QED) is 0.102. The third-order valence-electron chi connectivity index (χ3n) is 21.0. The van der Waals surface area contributed by atoms with Crippen molar-refractivity contribution in [1.82, 2.24) is 39.0 Å². The van der Waals surface area contributed by atoms with Crippen LogP contribution in [0.25, 0.3) is 199 Å². The van der Waals surface area contributed by atoms with E-state index < -0.39 is 43.4 Å². The van der Waals surface area contributed by atoms with Gasteiger partial charge in [-0.3, -0.25) is 0 Å². The molecule has 10 nitrogen and oxygen atoms in total. The summed E-state index contributed by atoms with van der Waals surface area (Å²) < 4.78 is 89.9. The minimum Gasteiger partial charge on any atom is -0.423 e. The molecule has 0 fully saturated rings. The molecule has 4 heterocycles. The molecule has 12 heteroatoms. The zero-order valence-corrected chi connectivity index (χ0v) is 62.2. The number of benzene rings is 18. The molecule has 0 spiro atoms. The minimum atomic E-state index is -1.46. The van der Waals surface area contributed by atoms with E-state index in [2.05, 4.69) is 206 Å². The second-order valence-corrected chi connectivity index (χ2v) is 28.5. The summed E-state index contributed by atoms with van der Waals surface area (Å²) in [6, 6.07) is 106. The molecule has 0 radical (unpaired) electrons. The summed E-state index contributed by atoms with van der Waals surface area (Å²) in [6.45, 7) is 0. The lowest BCUT2D eigenvalue weighted by molar-refractivity contribution is 0.426. The lowest BCUT2D eigenvalue weighted by Crippen LogP contribution is -2.29. The highest BCUT2D eigenvalue weighted by molar-refractivity contribution is 9.10. The molecule has 0 atom stereocenters. The molecule has 22 rings (SSSR count). The molecule has 18 aromatic carbocycles. The van der Waals surface area contributed by atoms with Gasteiger partial charge in [-0.15, -0.1) is 0 Å². The fourth-order valence-electron chi connectivity index (χ4n) is 15.8. The Labute approximate surface area is 678 Å². The topological polar surface area (TPSA) is 128 Å². The molecule has 536 valence electrons. The first kappa shape index (κ1) is 58.6. The van der Waals surface area contributed by atoms with Crippen LogP contribution in [0.1, 0.15) is 13.7 Å². The van der Waals surface area contributed by atoms with E-state index in [9.17, 15) is 10.0 Å². The van der Waals surface area contributed by atoms with Crippen LogP contribution in [0.4, 0.5) is 0 Å². The van der Waals surface area contributed by atoms with Crippen LogP contribution in [0.5, 0.6) is 0 Å². The SMILES string of the molecule is OB(O)c1ccc2c(c1)c1ccccc1n2-c1ccccc1.[2H]c1c([2H])c([2H])c(-c2nc(-c3ccccc3)nc(-c3cc4c5ccccc5c5ccccc5c4cc3-c3ccc4c(c3)c3ccccc3n4-c3ccccc3)n2)c([2H])c1[2H].[2H]c1c([2H])c([2H])c(-c2nc(-c3ccccc3)nc(-c3cc4c5ccccc5c5ccccc5c4cc3Br)n2)c([2H])c1[2H].